The van der Waals surface area contributed by atoms with Crippen LogP contribution in [0.1, 0.15) is 24.8 Å². The Balaban J connectivity index is 0.00000225. The zero-order valence-electron chi connectivity index (χ0n) is 14.9. The molecule has 1 aliphatic carbocycles. The Morgan fingerprint density at radius 2 is 1.84 bits per heavy atom. The van der Waals surface area contributed by atoms with E-state index in [1.807, 2.05) is 29.2 Å². The summed E-state index contributed by atoms with van der Waals surface area (Å²) in [6.07, 6.45) is 3.48. The van der Waals surface area contributed by atoms with Gasteiger partial charge >= 0.3 is 0 Å². The predicted octanol–water partition coefficient (Wildman–Crippen LogP) is 1.96. The number of ether oxygens (including phenoxy) is 1. The van der Waals surface area contributed by atoms with Crippen molar-refractivity contribution in [2.75, 3.05) is 39.8 Å². The Morgan fingerprint density at radius 1 is 1.20 bits per heavy atom. The van der Waals surface area contributed by atoms with Gasteiger partial charge in [-0.25, -0.2) is 0 Å². The number of aryl methyl sites for hydroxylation is 1. The minimum Gasteiger partial charge on any atom is -0.497 e. The number of nitrogens with zero attached hydrogens (tertiary/aromatic N) is 2. The van der Waals surface area contributed by atoms with Crippen molar-refractivity contribution in [2.45, 2.75) is 31.8 Å². The van der Waals surface area contributed by atoms with Crippen LogP contribution < -0.4 is 4.74 Å². The summed E-state index contributed by atoms with van der Waals surface area (Å²) in [6.45, 7) is 4.06. The molecule has 1 N–H and O–H groups in total. The second kappa shape index (κ2) is 9.41. The molecule has 6 heteroatoms. The minimum atomic E-state index is -0.178. The molecule has 1 amide bonds. The van der Waals surface area contributed by atoms with Gasteiger partial charge < -0.3 is 14.7 Å². The molecule has 1 saturated heterocycles. The van der Waals surface area contributed by atoms with Crippen LogP contribution in [0.15, 0.2) is 24.3 Å². The van der Waals surface area contributed by atoms with Crippen LogP contribution >= 0.6 is 12.4 Å². The normalized spacial score (nSPS) is 19.2. The SMILES string of the molecule is COc1ccc(CCC(=O)N2CCN(CC(O)C3CC3)CC2)cc1.Cl. The summed E-state index contributed by atoms with van der Waals surface area (Å²) in [5, 5.41) is 10.0. The van der Waals surface area contributed by atoms with E-state index in [2.05, 4.69) is 4.90 Å². The Bertz CT molecular complexity index is 540. The van der Waals surface area contributed by atoms with Crippen molar-refractivity contribution in [3.05, 3.63) is 29.8 Å². The van der Waals surface area contributed by atoms with E-state index >= 15 is 0 Å². The van der Waals surface area contributed by atoms with Gasteiger partial charge in [-0.3, -0.25) is 9.69 Å². The zero-order valence-corrected chi connectivity index (χ0v) is 15.7. The van der Waals surface area contributed by atoms with E-state index in [9.17, 15) is 9.90 Å². The van der Waals surface area contributed by atoms with E-state index in [-0.39, 0.29) is 24.4 Å². The highest BCUT2D eigenvalue weighted by molar-refractivity contribution is 5.85. The first kappa shape index (κ1) is 20.0. The van der Waals surface area contributed by atoms with Crippen LogP contribution in [-0.2, 0) is 11.2 Å². The van der Waals surface area contributed by atoms with Crippen molar-refractivity contribution >= 4 is 18.3 Å². The Hall–Kier alpha value is -1.30. The quantitative estimate of drug-likeness (QED) is 0.799. The maximum Gasteiger partial charge on any atom is 0.222 e. The summed E-state index contributed by atoms with van der Waals surface area (Å²) in [6, 6.07) is 7.90. The third-order valence-corrected chi connectivity index (χ3v) is 5.12. The number of aliphatic hydroxyl groups is 1. The molecule has 0 aromatic heterocycles. The number of carbonyl (C=O) groups excluding carboxylic acids is 1. The first-order chi connectivity index (χ1) is 11.7. The first-order valence-electron chi connectivity index (χ1n) is 8.97. The largest absolute Gasteiger partial charge is 0.497 e. The molecule has 1 aliphatic heterocycles. The van der Waals surface area contributed by atoms with Gasteiger partial charge in [-0.05, 0) is 42.9 Å². The van der Waals surface area contributed by atoms with E-state index in [4.69, 9.17) is 4.74 Å². The molecule has 0 radical (unpaired) electrons. The molecule has 140 valence electrons. The summed E-state index contributed by atoms with van der Waals surface area (Å²) >= 11 is 0. The third kappa shape index (κ3) is 5.87. The second-order valence-electron chi connectivity index (χ2n) is 6.93. The maximum atomic E-state index is 12.4. The van der Waals surface area contributed by atoms with Crippen molar-refractivity contribution in [3.8, 4) is 5.75 Å². The van der Waals surface area contributed by atoms with Gasteiger partial charge in [0.15, 0.2) is 0 Å². The number of methoxy groups -OCH3 is 1. The Kier molecular flexibility index (Phi) is 7.54. The monoisotopic (exact) mass is 368 g/mol. The summed E-state index contributed by atoms with van der Waals surface area (Å²) in [5.74, 6) is 1.59. The summed E-state index contributed by atoms with van der Waals surface area (Å²) in [4.78, 5) is 16.6. The summed E-state index contributed by atoms with van der Waals surface area (Å²) < 4.78 is 5.15. The van der Waals surface area contributed by atoms with Gasteiger partial charge in [-0.15, -0.1) is 12.4 Å². The molecule has 3 rings (SSSR count). The summed E-state index contributed by atoms with van der Waals surface area (Å²) in [7, 11) is 1.65. The van der Waals surface area contributed by atoms with Gasteiger partial charge in [0, 0.05) is 39.1 Å². The average Bonchev–Trinajstić information content (AvgIpc) is 3.46. The molecule has 2 fully saturated rings. The van der Waals surface area contributed by atoms with Gasteiger partial charge in [0.25, 0.3) is 0 Å². The van der Waals surface area contributed by atoms with Gasteiger partial charge in [0.1, 0.15) is 5.75 Å². The lowest BCUT2D eigenvalue weighted by atomic mass is 10.1. The standard InChI is InChI=1S/C19H28N2O3.ClH/c1-24-17-7-2-15(3-8-17)4-9-19(23)21-12-10-20(11-13-21)14-18(22)16-5-6-16;/h2-3,7-8,16,18,22H,4-6,9-14H2,1H3;1H. The van der Waals surface area contributed by atoms with Crippen LogP contribution in [0.25, 0.3) is 0 Å². The molecule has 5 nitrogen and oxygen atoms in total. The van der Waals surface area contributed by atoms with Crippen LogP contribution in [0.2, 0.25) is 0 Å². The van der Waals surface area contributed by atoms with E-state index in [0.717, 1.165) is 50.5 Å². The minimum absolute atomic E-state index is 0. The maximum absolute atomic E-state index is 12.4. The van der Waals surface area contributed by atoms with Gasteiger partial charge in [-0.1, -0.05) is 12.1 Å². The fourth-order valence-electron chi connectivity index (χ4n) is 3.28. The highest BCUT2D eigenvalue weighted by Crippen LogP contribution is 2.32. The van der Waals surface area contributed by atoms with Crippen LogP contribution in [0, 0.1) is 5.92 Å². The number of β-amino-alcohol motifs (C(OH)–C–C–N with tert-alkyl or cyclic N) is 1. The predicted molar refractivity (Wildman–Crippen MR) is 100 cm³/mol. The van der Waals surface area contributed by atoms with E-state index in [1.165, 1.54) is 12.8 Å². The van der Waals surface area contributed by atoms with Crippen molar-refractivity contribution < 1.29 is 14.6 Å². The van der Waals surface area contributed by atoms with Crippen LogP contribution in [0.3, 0.4) is 0 Å². The fraction of sp³-hybridized carbons (Fsp3) is 0.632. The van der Waals surface area contributed by atoms with E-state index in [0.29, 0.717) is 12.3 Å². The van der Waals surface area contributed by atoms with Crippen molar-refractivity contribution in [3.63, 3.8) is 0 Å². The molecule has 1 atom stereocenters. The number of piperazine rings is 1. The molecule has 1 unspecified atom stereocenters. The molecule has 2 aliphatic rings. The first-order valence-corrected chi connectivity index (χ1v) is 8.97. The molecule has 1 aromatic carbocycles. The lowest BCUT2D eigenvalue weighted by Crippen LogP contribution is -2.50. The van der Waals surface area contributed by atoms with Crippen molar-refractivity contribution in [2.24, 2.45) is 5.92 Å². The van der Waals surface area contributed by atoms with Gasteiger partial charge in [-0.2, -0.15) is 0 Å². The van der Waals surface area contributed by atoms with E-state index < -0.39 is 0 Å². The number of carbonyl (C=O) groups is 1. The number of benzene rings is 1. The molecule has 25 heavy (non-hydrogen) atoms. The number of halogens is 1. The molecule has 1 heterocycles. The number of hydrogen-bond acceptors (Lipinski definition) is 4. The highest BCUT2D eigenvalue weighted by atomic mass is 35.5. The highest BCUT2D eigenvalue weighted by Gasteiger charge is 2.31. The molecule has 0 bridgehead atoms. The molecule has 1 saturated carbocycles. The molecule has 0 spiro atoms. The molecular weight excluding hydrogens is 340 g/mol. The summed E-state index contributed by atoms with van der Waals surface area (Å²) in [5.41, 5.74) is 1.16. The smallest absolute Gasteiger partial charge is 0.222 e. The number of rotatable bonds is 7. The van der Waals surface area contributed by atoms with Gasteiger partial charge in [0.05, 0.1) is 13.2 Å². The van der Waals surface area contributed by atoms with Crippen molar-refractivity contribution in [1.82, 2.24) is 9.80 Å². The topological polar surface area (TPSA) is 53.0 Å². The lowest BCUT2D eigenvalue weighted by molar-refractivity contribution is -0.133. The van der Waals surface area contributed by atoms with Crippen LogP contribution in [0.5, 0.6) is 5.75 Å². The third-order valence-electron chi connectivity index (χ3n) is 5.12. The van der Waals surface area contributed by atoms with Crippen LogP contribution in [0.4, 0.5) is 0 Å². The number of amides is 1. The van der Waals surface area contributed by atoms with Gasteiger partial charge in [0.2, 0.25) is 5.91 Å². The average molecular weight is 369 g/mol. The fourth-order valence-corrected chi connectivity index (χ4v) is 3.28. The van der Waals surface area contributed by atoms with Crippen molar-refractivity contribution in [1.29, 1.82) is 0 Å². The second-order valence-corrected chi connectivity index (χ2v) is 6.93. The van der Waals surface area contributed by atoms with Crippen LogP contribution in [-0.4, -0.2) is 66.8 Å². The zero-order chi connectivity index (χ0) is 16.9. The number of aliphatic hydroxyl groups excluding tert-OH is 1. The van der Waals surface area contributed by atoms with E-state index in [1.54, 1.807) is 7.11 Å². The molecule has 1 aromatic rings. The Labute approximate surface area is 156 Å². The lowest BCUT2D eigenvalue weighted by Gasteiger charge is -2.35. The Morgan fingerprint density at radius 3 is 2.40 bits per heavy atom. The number of hydrogen-bond donors (Lipinski definition) is 1. The molecular formula is C19H29ClN2O3.